The Labute approximate surface area is 102 Å². The fourth-order valence-electron chi connectivity index (χ4n) is 1.35. The summed E-state index contributed by atoms with van der Waals surface area (Å²) in [7, 11) is 3.55. The van der Waals surface area contributed by atoms with Crippen molar-refractivity contribution in [3.05, 3.63) is 24.0 Å². The Morgan fingerprint density at radius 3 is 3.00 bits per heavy atom. The molecule has 0 aliphatic carbocycles. The number of hydrogen-bond acceptors (Lipinski definition) is 4. The van der Waals surface area contributed by atoms with Crippen molar-refractivity contribution >= 4 is 11.6 Å². The number of likely N-dealkylation sites (N-methyl/N-ethyl adjacent to an activating group) is 1. The van der Waals surface area contributed by atoms with Crippen LogP contribution in [0.5, 0.6) is 0 Å². The van der Waals surface area contributed by atoms with Crippen LogP contribution in [0.4, 0.5) is 5.69 Å². The van der Waals surface area contributed by atoms with Crippen LogP contribution in [-0.2, 0) is 4.74 Å². The molecule has 0 aliphatic heterocycles. The second-order valence-corrected chi connectivity index (χ2v) is 3.60. The maximum Gasteiger partial charge on any atom is 0.272 e. The van der Waals surface area contributed by atoms with Crippen LogP contribution in [0, 0.1) is 0 Å². The molecule has 1 heterocycles. The van der Waals surface area contributed by atoms with Crippen LogP contribution < -0.4 is 5.32 Å². The predicted molar refractivity (Wildman–Crippen MR) is 67.2 cm³/mol. The molecule has 94 valence electrons. The van der Waals surface area contributed by atoms with Crippen LogP contribution >= 0.6 is 0 Å². The number of amides is 1. The molecule has 0 aromatic carbocycles. The first-order valence-electron chi connectivity index (χ1n) is 5.66. The van der Waals surface area contributed by atoms with Gasteiger partial charge in [0.25, 0.3) is 5.91 Å². The van der Waals surface area contributed by atoms with Crippen molar-refractivity contribution in [1.29, 1.82) is 0 Å². The SMILES string of the molecule is CCOCCN(C)C(=O)c1cc(NC)ccn1. The molecule has 0 saturated heterocycles. The third-order valence-electron chi connectivity index (χ3n) is 2.39. The molecule has 1 rings (SSSR count). The van der Waals surface area contributed by atoms with Crippen LogP contribution in [0.1, 0.15) is 17.4 Å². The normalized spacial score (nSPS) is 10.1. The summed E-state index contributed by atoms with van der Waals surface area (Å²) in [5.74, 6) is -0.0956. The predicted octanol–water partition coefficient (Wildman–Crippen LogP) is 1.23. The second-order valence-electron chi connectivity index (χ2n) is 3.60. The van der Waals surface area contributed by atoms with E-state index in [1.807, 2.05) is 20.0 Å². The number of carbonyl (C=O) groups is 1. The van der Waals surface area contributed by atoms with E-state index in [1.165, 1.54) is 0 Å². The largest absolute Gasteiger partial charge is 0.388 e. The molecule has 1 aromatic rings. The van der Waals surface area contributed by atoms with Gasteiger partial charge in [0.1, 0.15) is 5.69 Å². The number of nitrogens with one attached hydrogen (secondary N) is 1. The summed E-state index contributed by atoms with van der Waals surface area (Å²) in [5.41, 5.74) is 1.32. The van der Waals surface area contributed by atoms with Gasteiger partial charge < -0.3 is 15.0 Å². The smallest absolute Gasteiger partial charge is 0.272 e. The Bertz CT molecular complexity index is 369. The van der Waals surface area contributed by atoms with E-state index in [0.29, 0.717) is 25.5 Å². The van der Waals surface area contributed by atoms with Gasteiger partial charge in [-0.05, 0) is 19.1 Å². The van der Waals surface area contributed by atoms with Crippen molar-refractivity contribution in [2.45, 2.75) is 6.92 Å². The minimum atomic E-state index is -0.0956. The van der Waals surface area contributed by atoms with Crippen LogP contribution in [-0.4, -0.2) is 49.6 Å². The first kappa shape index (κ1) is 13.4. The van der Waals surface area contributed by atoms with E-state index in [9.17, 15) is 4.79 Å². The molecule has 0 spiro atoms. The van der Waals surface area contributed by atoms with Crippen molar-refractivity contribution < 1.29 is 9.53 Å². The Hall–Kier alpha value is -1.62. The first-order valence-corrected chi connectivity index (χ1v) is 5.66. The van der Waals surface area contributed by atoms with Crippen LogP contribution in [0.3, 0.4) is 0 Å². The zero-order valence-electron chi connectivity index (χ0n) is 10.6. The van der Waals surface area contributed by atoms with Crippen molar-refractivity contribution in [2.75, 3.05) is 39.2 Å². The lowest BCUT2D eigenvalue weighted by atomic mass is 10.3. The molecule has 5 heteroatoms. The molecular formula is C12H19N3O2. The number of anilines is 1. The van der Waals surface area contributed by atoms with Gasteiger partial charge in [-0.15, -0.1) is 0 Å². The summed E-state index contributed by atoms with van der Waals surface area (Å²) < 4.78 is 5.21. The average molecular weight is 237 g/mol. The van der Waals surface area contributed by atoms with Gasteiger partial charge in [0.2, 0.25) is 0 Å². The molecule has 1 amide bonds. The van der Waals surface area contributed by atoms with Gasteiger partial charge in [0.15, 0.2) is 0 Å². The first-order chi connectivity index (χ1) is 8.19. The van der Waals surface area contributed by atoms with E-state index in [0.717, 1.165) is 5.69 Å². The van der Waals surface area contributed by atoms with E-state index in [2.05, 4.69) is 10.3 Å². The molecule has 1 aromatic heterocycles. The minimum Gasteiger partial charge on any atom is -0.388 e. The molecule has 0 bridgehead atoms. The number of ether oxygens (including phenoxy) is 1. The van der Waals surface area contributed by atoms with Crippen LogP contribution in [0.2, 0.25) is 0 Å². The zero-order valence-corrected chi connectivity index (χ0v) is 10.6. The minimum absolute atomic E-state index is 0.0956. The van der Waals surface area contributed by atoms with E-state index in [1.54, 1.807) is 24.2 Å². The van der Waals surface area contributed by atoms with Gasteiger partial charge in [0.05, 0.1) is 6.61 Å². The fourth-order valence-corrected chi connectivity index (χ4v) is 1.35. The number of aromatic nitrogens is 1. The quantitative estimate of drug-likeness (QED) is 0.756. The second kappa shape index (κ2) is 6.85. The van der Waals surface area contributed by atoms with Gasteiger partial charge in [-0.25, -0.2) is 0 Å². The lowest BCUT2D eigenvalue weighted by molar-refractivity contribution is 0.0704. The molecule has 0 aliphatic rings. The monoisotopic (exact) mass is 237 g/mol. The summed E-state index contributed by atoms with van der Waals surface area (Å²) >= 11 is 0. The third-order valence-corrected chi connectivity index (χ3v) is 2.39. The maximum absolute atomic E-state index is 12.0. The highest BCUT2D eigenvalue weighted by atomic mass is 16.5. The summed E-state index contributed by atoms with van der Waals surface area (Å²) in [6, 6.07) is 3.55. The molecule has 1 N–H and O–H groups in total. The molecule has 0 unspecified atom stereocenters. The number of carbonyl (C=O) groups excluding carboxylic acids is 1. The van der Waals surface area contributed by atoms with E-state index < -0.39 is 0 Å². The zero-order chi connectivity index (χ0) is 12.7. The summed E-state index contributed by atoms with van der Waals surface area (Å²) in [6.45, 7) is 3.71. The summed E-state index contributed by atoms with van der Waals surface area (Å²) in [4.78, 5) is 17.7. The van der Waals surface area contributed by atoms with E-state index >= 15 is 0 Å². The molecule has 5 nitrogen and oxygen atoms in total. The molecule has 17 heavy (non-hydrogen) atoms. The van der Waals surface area contributed by atoms with E-state index in [4.69, 9.17) is 4.74 Å². The van der Waals surface area contributed by atoms with Crippen LogP contribution in [0.15, 0.2) is 18.3 Å². The van der Waals surface area contributed by atoms with E-state index in [-0.39, 0.29) is 5.91 Å². The summed E-state index contributed by atoms with van der Waals surface area (Å²) in [5, 5.41) is 2.98. The Balaban J connectivity index is 2.61. The molecule has 0 fully saturated rings. The number of hydrogen-bond donors (Lipinski definition) is 1. The molecule has 0 radical (unpaired) electrons. The Kier molecular flexibility index (Phi) is 5.42. The van der Waals surface area contributed by atoms with Crippen molar-refractivity contribution in [1.82, 2.24) is 9.88 Å². The number of rotatable bonds is 6. The standard InChI is InChI=1S/C12H19N3O2/c1-4-17-8-7-15(3)12(16)11-9-10(13-2)5-6-14-11/h5-6,9H,4,7-8H2,1-3H3,(H,13,14). The van der Waals surface area contributed by atoms with Gasteiger partial charge in [-0.2, -0.15) is 0 Å². The van der Waals surface area contributed by atoms with Crippen molar-refractivity contribution in [3.63, 3.8) is 0 Å². The average Bonchev–Trinajstić information content (AvgIpc) is 2.38. The lowest BCUT2D eigenvalue weighted by Crippen LogP contribution is -2.30. The highest BCUT2D eigenvalue weighted by Crippen LogP contribution is 2.08. The van der Waals surface area contributed by atoms with Crippen molar-refractivity contribution in [2.24, 2.45) is 0 Å². The molecular weight excluding hydrogens is 218 g/mol. The van der Waals surface area contributed by atoms with Crippen LogP contribution in [0.25, 0.3) is 0 Å². The Morgan fingerprint density at radius 2 is 2.35 bits per heavy atom. The van der Waals surface area contributed by atoms with Gasteiger partial charge >= 0.3 is 0 Å². The lowest BCUT2D eigenvalue weighted by Gasteiger charge is -2.16. The maximum atomic E-state index is 12.0. The van der Waals surface area contributed by atoms with Gasteiger partial charge in [-0.3, -0.25) is 9.78 Å². The number of pyridine rings is 1. The molecule has 0 atom stereocenters. The van der Waals surface area contributed by atoms with Gasteiger partial charge in [-0.1, -0.05) is 0 Å². The van der Waals surface area contributed by atoms with Crippen molar-refractivity contribution in [3.8, 4) is 0 Å². The number of nitrogens with zero attached hydrogens (tertiary/aromatic N) is 2. The topological polar surface area (TPSA) is 54.5 Å². The molecule has 0 saturated carbocycles. The third kappa shape index (κ3) is 4.03. The Morgan fingerprint density at radius 1 is 1.59 bits per heavy atom. The highest BCUT2D eigenvalue weighted by molar-refractivity contribution is 5.92. The fraction of sp³-hybridized carbons (Fsp3) is 0.500. The van der Waals surface area contributed by atoms with Gasteiger partial charge in [0, 0.05) is 39.1 Å². The summed E-state index contributed by atoms with van der Waals surface area (Å²) in [6.07, 6.45) is 1.62. The highest BCUT2D eigenvalue weighted by Gasteiger charge is 2.12.